The van der Waals surface area contributed by atoms with Gasteiger partial charge in [0.25, 0.3) is 0 Å². The van der Waals surface area contributed by atoms with Crippen molar-refractivity contribution in [1.82, 2.24) is 0 Å². The largest absolute Gasteiger partial charge is 0.396 e. The van der Waals surface area contributed by atoms with E-state index in [4.69, 9.17) is 17.3 Å². The zero-order valence-corrected chi connectivity index (χ0v) is 13.0. The monoisotopic (exact) mass is 272 g/mol. The Morgan fingerprint density at radius 3 is 2.00 bits per heavy atom. The Morgan fingerprint density at radius 1 is 1.11 bits per heavy atom. The fourth-order valence-electron chi connectivity index (χ4n) is 2.10. The van der Waals surface area contributed by atoms with Gasteiger partial charge in [-0.2, -0.15) is 0 Å². The number of hydrogen-bond acceptors (Lipinski definition) is 4. The van der Waals surface area contributed by atoms with Gasteiger partial charge in [0.15, 0.2) is 0 Å². The van der Waals surface area contributed by atoms with Crippen LogP contribution in [0.4, 0.5) is 0 Å². The summed E-state index contributed by atoms with van der Waals surface area (Å²) in [6.07, 6.45) is 1.89. The molecule has 0 bridgehead atoms. The molecule has 19 heavy (non-hydrogen) atoms. The molecule has 0 aliphatic rings. The molecule has 0 rings (SSSR count). The summed E-state index contributed by atoms with van der Waals surface area (Å²) in [6.45, 7) is 8.09. The lowest BCUT2D eigenvalue weighted by Crippen LogP contribution is -2.40. The molecule has 0 saturated heterocycles. The second kappa shape index (κ2) is 7.62. The van der Waals surface area contributed by atoms with E-state index in [1.807, 2.05) is 20.8 Å². The smallest absolute Gasteiger partial charge is 0.113 e. The van der Waals surface area contributed by atoms with Gasteiger partial charge in [-0.15, -0.1) is 0 Å². The van der Waals surface area contributed by atoms with Gasteiger partial charge in [0.1, 0.15) is 7.85 Å². The highest BCUT2D eigenvalue weighted by Gasteiger charge is 2.35. The standard InChI is InChI=1S/C14H29BO4/c1-6-14(10-16,11-17)9-12(2,3)19-8-7-13(4,15)18-5/h16-17H,6-11H2,1-5H3. The van der Waals surface area contributed by atoms with E-state index in [0.717, 1.165) is 0 Å². The molecular weight excluding hydrogens is 243 g/mol. The summed E-state index contributed by atoms with van der Waals surface area (Å²) in [7, 11) is 7.44. The van der Waals surface area contributed by atoms with Gasteiger partial charge < -0.3 is 19.7 Å². The summed E-state index contributed by atoms with van der Waals surface area (Å²) < 4.78 is 11.0. The minimum atomic E-state index is -0.689. The van der Waals surface area contributed by atoms with Gasteiger partial charge in [0, 0.05) is 24.6 Å². The van der Waals surface area contributed by atoms with E-state index >= 15 is 0 Å². The van der Waals surface area contributed by atoms with Crippen LogP contribution in [0, 0.1) is 5.41 Å². The van der Waals surface area contributed by atoms with Crippen molar-refractivity contribution in [2.45, 2.75) is 58.1 Å². The van der Waals surface area contributed by atoms with Gasteiger partial charge in [-0.1, -0.05) is 6.92 Å². The molecule has 0 fully saturated rings. The first-order valence-electron chi connectivity index (χ1n) is 6.85. The Morgan fingerprint density at radius 2 is 1.63 bits per heavy atom. The first-order chi connectivity index (χ1) is 8.66. The Kier molecular flexibility index (Phi) is 7.59. The van der Waals surface area contributed by atoms with E-state index in [9.17, 15) is 10.2 Å². The lowest BCUT2D eigenvalue weighted by Gasteiger charge is -2.37. The molecule has 0 aromatic heterocycles. The molecule has 2 N–H and O–H groups in total. The van der Waals surface area contributed by atoms with Crippen LogP contribution in [0.5, 0.6) is 0 Å². The van der Waals surface area contributed by atoms with Crippen molar-refractivity contribution in [3.8, 4) is 0 Å². The van der Waals surface area contributed by atoms with Crippen LogP contribution in [0.25, 0.3) is 0 Å². The third-order valence-corrected chi connectivity index (χ3v) is 3.78. The van der Waals surface area contributed by atoms with E-state index < -0.39 is 16.5 Å². The minimum Gasteiger partial charge on any atom is -0.396 e. The maximum atomic E-state index is 9.48. The van der Waals surface area contributed by atoms with Gasteiger partial charge in [0.2, 0.25) is 0 Å². The third kappa shape index (κ3) is 6.75. The highest BCUT2D eigenvalue weighted by molar-refractivity contribution is 6.14. The van der Waals surface area contributed by atoms with Gasteiger partial charge in [-0.25, -0.2) is 0 Å². The van der Waals surface area contributed by atoms with Gasteiger partial charge in [-0.05, 0) is 40.0 Å². The van der Waals surface area contributed by atoms with Crippen LogP contribution >= 0.6 is 0 Å². The van der Waals surface area contributed by atoms with Crippen LogP contribution in [-0.4, -0.2) is 56.1 Å². The molecule has 0 spiro atoms. The SMILES string of the molecule is [B]C(C)(CCOC(C)(C)CC(CC)(CO)CO)OC. The van der Waals surface area contributed by atoms with Crippen molar-refractivity contribution in [2.75, 3.05) is 26.9 Å². The van der Waals surface area contributed by atoms with Crippen LogP contribution in [-0.2, 0) is 9.47 Å². The van der Waals surface area contributed by atoms with Gasteiger partial charge in [-0.3, -0.25) is 0 Å². The van der Waals surface area contributed by atoms with Crippen LogP contribution in [0.1, 0.15) is 47.0 Å². The summed E-state index contributed by atoms with van der Waals surface area (Å²) in [5.74, 6) is 0. The number of aliphatic hydroxyl groups excluding tert-OH is 2. The first kappa shape index (κ1) is 18.9. The molecule has 0 aliphatic carbocycles. The summed E-state index contributed by atoms with van der Waals surface area (Å²) in [5.41, 5.74) is -1.60. The van der Waals surface area contributed by atoms with Crippen molar-refractivity contribution in [3.05, 3.63) is 0 Å². The summed E-state index contributed by atoms with van der Waals surface area (Å²) >= 11 is 0. The quantitative estimate of drug-likeness (QED) is 0.591. The normalized spacial score (nSPS) is 16.4. The molecule has 2 radical (unpaired) electrons. The molecule has 1 atom stereocenters. The number of hydrogen-bond donors (Lipinski definition) is 2. The Labute approximate surface area is 118 Å². The minimum absolute atomic E-state index is 0.0422. The fourth-order valence-corrected chi connectivity index (χ4v) is 2.10. The molecule has 0 aliphatic heterocycles. The molecule has 112 valence electrons. The zero-order valence-electron chi connectivity index (χ0n) is 13.0. The topological polar surface area (TPSA) is 58.9 Å². The lowest BCUT2D eigenvalue weighted by atomic mass is 9.77. The highest BCUT2D eigenvalue weighted by atomic mass is 16.5. The first-order valence-corrected chi connectivity index (χ1v) is 6.85. The van der Waals surface area contributed by atoms with Crippen molar-refractivity contribution < 1.29 is 19.7 Å². The number of ether oxygens (including phenoxy) is 2. The van der Waals surface area contributed by atoms with Crippen LogP contribution in [0.15, 0.2) is 0 Å². The average Bonchev–Trinajstić information content (AvgIpc) is 2.35. The second-order valence-corrected chi connectivity index (χ2v) is 6.22. The molecule has 0 saturated carbocycles. The van der Waals surface area contributed by atoms with E-state index in [2.05, 4.69) is 0 Å². The van der Waals surface area contributed by atoms with Crippen LogP contribution in [0.3, 0.4) is 0 Å². The number of methoxy groups -OCH3 is 1. The Balaban J connectivity index is 4.39. The lowest BCUT2D eigenvalue weighted by molar-refractivity contribution is -0.0864. The van der Waals surface area contributed by atoms with Crippen molar-refractivity contribution >= 4 is 7.85 Å². The van der Waals surface area contributed by atoms with Crippen molar-refractivity contribution in [3.63, 3.8) is 0 Å². The van der Waals surface area contributed by atoms with Gasteiger partial charge in [0.05, 0.1) is 18.8 Å². The van der Waals surface area contributed by atoms with Gasteiger partial charge >= 0.3 is 0 Å². The second-order valence-electron chi connectivity index (χ2n) is 6.22. The van der Waals surface area contributed by atoms with Crippen LogP contribution < -0.4 is 0 Å². The van der Waals surface area contributed by atoms with E-state index in [1.165, 1.54) is 0 Å². The molecule has 5 heteroatoms. The van der Waals surface area contributed by atoms with E-state index in [-0.39, 0.29) is 13.2 Å². The number of aliphatic hydroxyl groups is 2. The average molecular weight is 272 g/mol. The number of rotatable bonds is 10. The molecule has 0 amide bonds. The van der Waals surface area contributed by atoms with Crippen molar-refractivity contribution in [2.24, 2.45) is 5.41 Å². The molecular formula is C14H29BO4. The van der Waals surface area contributed by atoms with Crippen LogP contribution in [0.2, 0.25) is 0 Å². The van der Waals surface area contributed by atoms with E-state index in [1.54, 1.807) is 14.0 Å². The third-order valence-electron chi connectivity index (χ3n) is 3.78. The molecule has 0 aromatic carbocycles. The zero-order chi connectivity index (χ0) is 15.2. The maximum Gasteiger partial charge on any atom is 0.113 e. The maximum absolute atomic E-state index is 9.48. The molecule has 0 aromatic rings. The highest BCUT2D eigenvalue weighted by Crippen LogP contribution is 2.33. The predicted molar refractivity (Wildman–Crippen MR) is 77.3 cm³/mol. The summed E-state index contributed by atoms with van der Waals surface area (Å²) in [6, 6.07) is 0. The van der Waals surface area contributed by atoms with Crippen molar-refractivity contribution in [1.29, 1.82) is 0 Å². The summed E-state index contributed by atoms with van der Waals surface area (Å²) in [4.78, 5) is 0. The molecule has 0 heterocycles. The molecule has 4 nitrogen and oxygen atoms in total. The fraction of sp³-hybridized carbons (Fsp3) is 1.00. The Hall–Kier alpha value is -0.0951. The Bertz CT molecular complexity index is 242. The predicted octanol–water partition coefficient (Wildman–Crippen LogP) is 1.47. The summed E-state index contributed by atoms with van der Waals surface area (Å²) in [5, 5.41) is 19.0. The molecule has 1 unspecified atom stereocenters. The van der Waals surface area contributed by atoms with E-state index in [0.29, 0.717) is 25.9 Å².